The van der Waals surface area contributed by atoms with E-state index in [0.717, 1.165) is 41.1 Å². The summed E-state index contributed by atoms with van der Waals surface area (Å²) in [5.74, 6) is 0.288. The van der Waals surface area contributed by atoms with Crippen molar-refractivity contribution in [1.82, 2.24) is 34.7 Å². The molecule has 0 aromatic carbocycles. The third kappa shape index (κ3) is 2.51. The smallest absolute Gasteiger partial charge is 0.312 e. The fourth-order valence-corrected chi connectivity index (χ4v) is 4.18. The van der Waals surface area contributed by atoms with Gasteiger partial charge in [-0.15, -0.1) is 10.2 Å². The van der Waals surface area contributed by atoms with Crippen LogP contribution in [-0.4, -0.2) is 47.1 Å². The first-order chi connectivity index (χ1) is 14.5. The molecule has 0 bridgehead atoms. The van der Waals surface area contributed by atoms with Crippen LogP contribution in [0, 0.1) is 6.92 Å². The lowest BCUT2D eigenvalue weighted by Gasteiger charge is -2.32. The summed E-state index contributed by atoms with van der Waals surface area (Å²) < 4.78 is 7.68. The van der Waals surface area contributed by atoms with Gasteiger partial charge in [0.25, 0.3) is 0 Å². The van der Waals surface area contributed by atoms with Gasteiger partial charge in [0.05, 0.1) is 23.2 Å². The maximum absolute atomic E-state index is 13.4. The number of aromatic amines is 1. The van der Waals surface area contributed by atoms with Gasteiger partial charge >= 0.3 is 11.8 Å². The number of carbonyl (C=O) groups is 1. The molecule has 1 atom stereocenters. The highest BCUT2D eigenvalue weighted by atomic mass is 16.4. The first kappa shape index (κ1) is 17.4. The predicted molar refractivity (Wildman–Crippen MR) is 106 cm³/mol. The minimum Gasteiger partial charge on any atom is -0.416 e. The molecule has 5 heterocycles. The summed E-state index contributed by atoms with van der Waals surface area (Å²) in [7, 11) is 0. The fraction of sp³-hybridized carbons (Fsp3) is 0.381. The average Bonchev–Trinajstić information content (AvgIpc) is 3.21. The van der Waals surface area contributed by atoms with E-state index in [-0.39, 0.29) is 17.2 Å². The largest absolute Gasteiger partial charge is 0.416 e. The van der Waals surface area contributed by atoms with Crippen LogP contribution >= 0.6 is 0 Å². The van der Waals surface area contributed by atoms with Crippen LogP contribution in [0.4, 0.5) is 0 Å². The lowest BCUT2D eigenvalue weighted by atomic mass is 9.99. The van der Waals surface area contributed by atoms with Crippen molar-refractivity contribution in [2.75, 3.05) is 6.54 Å². The van der Waals surface area contributed by atoms with E-state index in [1.807, 2.05) is 35.7 Å². The molecule has 1 fully saturated rings. The molecular formula is C21H21N7O2. The summed E-state index contributed by atoms with van der Waals surface area (Å²) in [5.41, 5.74) is 4.51. The van der Waals surface area contributed by atoms with Gasteiger partial charge in [-0.25, -0.2) is 9.50 Å². The van der Waals surface area contributed by atoms with Crippen LogP contribution < -0.4 is 0 Å². The fourth-order valence-electron chi connectivity index (χ4n) is 4.18. The minimum atomic E-state index is -0.418. The molecule has 2 aliphatic rings. The summed E-state index contributed by atoms with van der Waals surface area (Å²) >= 11 is 0. The molecule has 0 radical (unpaired) electrons. The Morgan fingerprint density at radius 2 is 2.17 bits per heavy atom. The number of amides is 1. The van der Waals surface area contributed by atoms with Gasteiger partial charge in [0, 0.05) is 29.8 Å². The average molecular weight is 403 g/mol. The van der Waals surface area contributed by atoms with Gasteiger partial charge in [0.15, 0.2) is 0 Å². The van der Waals surface area contributed by atoms with Crippen molar-refractivity contribution >= 4 is 11.4 Å². The van der Waals surface area contributed by atoms with Crippen LogP contribution in [0.15, 0.2) is 35.0 Å². The van der Waals surface area contributed by atoms with Crippen molar-refractivity contribution in [3.63, 3.8) is 0 Å². The van der Waals surface area contributed by atoms with Crippen molar-refractivity contribution in [2.24, 2.45) is 0 Å². The van der Waals surface area contributed by atoms with Gasteiger partial charge in [0.1, 0.15) is 6.04 Å². The van der Waals surface area contributed by atoms with Gasteiger partial charge in [-0.2, -0.15) is 5.10 Å². The number of fused-ring (bicyclic) bond motifs is 2. The number of imidazole rings is 1. The molecule has 9 heteroatoms. The number of H-pyrrole nitrogens is 1. The van der Waals surface area contributed by atoms with Crippen LogP contribution in [0.3, 0.4) is 0 Å². The zero-order valence-corrected chi connectivity index (χ0v) is 16.8. The second-order valence-corrected chi connectivity index (χ2v) is 8.46. The molecule has 0 saturated heterocycles. The van der Waals surface area contributed by atoms with Gasteiger partial charge < -0.3 is 14.3 Å². The number of aryl methyl sites for hydroxylation is 1. The zero-order valence-electron chi connectivity index (χ0n) is 16.8. The van der Waals surface area contributed by atoms with E-state index >= 15 is 0 Å². The van der Waals surface area contributed by atoms with Crippen molar-refractivity contribution in [3.8, 4) is 0 Å². The molecule has 1 N–H and O–H groups in total. The first-order valence-corrected chi connectivity index (χ1v) is 10.2. The third-order valence-electron chi connectivity index (χ3n) is 6.28. The monoisotopic (exact) mass is 403 g/mol. The summed E-state index contributed by atoms with van der Waals surface area (Å²) in [6.45, 7) is 4.60. The van der Waals surface area contributed by atoms with Crippen LogP contribution in [0.2, 0.25) is 0 Å². The lowest BCUT2D eigenvalue weighted by Crippen LogP contribution is -2.41. The van der Waals surface area contributed by atoms with E-state index in [0.29, 0.717) is 18.9 Å². The molecule has 4 aromatic rings. The highest BCUT2D eigenvalue weighted by molar-refractivity contribution is 5.90. The Bertz CT molecular complexity index is 1280. The first-order valence-electron chi connectivity index (χ1n) is 10.2. The number of hydrogen-bond acceptors (Lipinski definition) is 6. The second-order valence-electron chi connectivity index (χ2n) is 8.46. The van der Waals surface area contributed by atoms with E-state index in [9.17, 15) is 4.79 Å². The molecule has 6 rings (SSSR count). The second kappa shape index (κ2) is 6.01. The summed E-state index contributed by atoms with van der Waals surface area (Å²) in [5, 5.41) is 13.0. The molecule has 1 amide bonds. The molecule has 1 aliphatic heterocycles. The molecule has 0 spiro atoms. The van der Waals surface area contributed by atoms with Gasteiger partial charge in [-0.3, -0.25) is 4.79 Å². The molecular weight excluding hydrogens is 382 g/mol. The van der Waals surface area contributed by atoms with Crippen molar-refractivity contribution in [1.29, 1.82) is 0 Å². The number of pyridine rings is 1. The number of nitrogens with one attached hydrogen (secondary N) is 1. The number of rotatable bonds is 3. The predicted octanol–water partition coefficient (Wildman–Crippen LogP) is 2.59. The third-order valence-corrected chi connectivity index (χ3v) is 6.28. The highest BCUT2D eigenvalue weighted by Crippen LogP contribution is 2.46. The van der Waals surface area contributed by atoms with Crippen LogP contribution in [-0.2, 0) is 11.8 Å². The Labute approximate surface area is 172 Å². The van der Waals surface area contributed by atoms with Crippen molar-refractivity contribution in [3.05, 3.63) is 65.1 Å². The molecule has 1 aliphatic carbocycles. The number of aromatic nitrogens is 6. The Hall–Kier alpha value is -3.49. The van der Waals surface area contributed by atoms with E-state index < -0.39 is 6.04 Å². The summed E-state index contributed by atoms with van der Waals surface area (Å²) in [6.07, 6.45) is 4.37. The number of nitrogens with zero attached hydrogens (tertiary/aromatic N) is 6. The van der Waals surface area contributed by atoms with E-state index in [1.54, 1.807) is 11.2 Å². The van der Waals surface area contributed by atoms with E-state index in [4.69, 9.17) is 9.52 Å². The molecule has 152 valence electrons. The van der Waals surface area contributed by atoms with Gasteiger partial charge in [0.2, 0.25) is 5.89 Å². The summed E-state index contributed by atoms with van der Waals surface area (Å²) in [4.78, 5) is 22.9. The number of hydrogen-bond donors (Lipinski definition) is 1. The Kier molecular flexibility index (Phi) is 3.48. The van der Waals surface area contributed by atoms with Crippen molar-refractivity contribution in [2.45, 2.75) is 44.6 Å². The lowest BCUT2D eigenvalue weighted by molar-refractivity contribution is 0.0643. The zero-order chi connectivity index (χ0) is 20.5. The topological polar surface area (TPSA) is 105 Å². The Balaban J connectivity index is 1.43. The Morgan fingerprint density at radius 3 is 2.97 bits per heavy atom. The molecule has 9 nitrogen and oxygen atoms in total. The maximum atomic E-state index is 13.4. The van der Waals surface area contributed by atoms with Crippen LogP contribution in [0.25, 0.3) is 5.52 Å². The van der Waals surface area contributed by atoms with Gasteiger partial charge in [-0.05, 0) is 38.0 Å². The SMILES string of the molecule is Cc1cccc2cc([C@@H]3c4nc[nH]c4CCN3C(=O)c3nnc(C4(C)CC4)o3)nn12. The van der Waals surface area contributed by atoms with E-state index in [2.05, 4.69) is 27.1 Å². The van der Waals surface area contributed by atoms with Crippen molar-refractivity contribution < 1.29 is 9.21 Å². The molecule has 30 heavy (non-hydrogen) atoms. The Morgan fingerprint density at radius 1 is 1.30 bits per heavy atom. The van der Waals surface area contributed by atoms with Gasteiger partial charge in [-0.1, -0.05) is 13.0 Å². The highest BCUT2D eigenvalue weighted by Gasteiger charge is 2.45. The molecule has 0 unspecified atom stereocenters. The quantitative estimate of drug-likeness (QED) is 0.564. The summed E-state index contributed by atoms with van der Waals surface area (Å²) in [6, 6.07) is 7.60. The standard InChI is InChI=1S/C21H21N7O2/c1-12-4-3-5-13-10-15(26-28(12)13)17-16-14(22-11-23-16)6-9-27(17)19(29)18-24-25-20(30-18)21(2)7-8-21/h3-5,10-11,17H,6-9H2,1-2H3,(H,22,23)/t17-/m1/s1. The normalized spacial score (nSPS) is 19.8. The molecule has 4 aromatic heterocycles. The minimum absolute atomic E-state index is 0.0297. The maximum Gasteiger partial charge on any atom is 0.312 e. The molecule has 1 saturated carbocycles. The van der Waals surface area contributed by atoms with E-state index in [1.165, 1.54) is 0 Å². The van der Waals surface area contributed by atoms with Crippen LogP contribution in [0.5, 0.6) is 0 Å². The number of carbonyl (C=O) groups excluding carboxylic acids is 1. The van der Waals surface area contributed by atoms with Crippen LogP contribution in [0.1, 0.15) is 65.2 Å².